The maximum absolute atomic E-state index is 9.10. The van der Waals surface area contributed by atoms with Gasteiger partial charge in [-0.25, -0.2) is 4.68 Å². The molecule has 0 aliphatic carbocycles. The van der Waals surface area contributed by atoms with Gasteiger partial charge in [0, 0.05) is 12.1 Å². The van der Waals surface area contributed by atoms with Crippen molar-refractivity contribution in [2.24, 2.45) is 5.92 Å². The highest BCUT2D eigenvalue weighted by Crippen LogP contribution is 2.35. The number of hydrogen-bond donors (Lipinski definition) is 1. The van der Waals surface area contributed by atoms with Crippen LogP contribution in [-0.4, -0.2) is 44.6 Å². The van der Waals surface area contributed by atoms with Crippen molar-refractivity contribution in [2.45, 2.75) is 25.5 Å². The molecule has 3 aliphatic rings. The average Bonchev–Trinajstić information content (AvgIpc) is 3.06. The summed E-state index contributed by atoms with van der Waals surface area (Å²) in [7, 11) is 0. The van der Waals surface area contributed by atoms with Crippen molar-refractivity contribution in [2.75, 3.05) is 19.6 Å². The SMILES string of the molecule is OCc1ccc(-c2cn(C3CN4CCC3CC4)nn2)cc1. The number of aromatic nitrogens is 3. The second kappa shape index (κ2) is 5.24. The largest absolute Gasteiger partial charge is 0.392 e. The highest BCUT2D eigenvalue weighted by molar-refractivity contribution is 5.57. The molecule has 2 bridgehead atoms. The van der Waals surface area contributed by atoms with Gasteiger partial charge in [-0.05, 0) is 37.4 Å². The summed E-state index contributed by atoms with van der Waals surface area (Å²) < 4.78 is 2.06. The first kappa shape index (κ1) is 13.0. The van der Waals surface area contributed by atoms with E-state index >= 15 is 0 Å². The first-order valence-corrected chi connectivity index (χ1v) is 7.68. The Kier molecular flexibility index (Phi) is 3.24. The van der Waals surface area contributed by atoms with Crippen molar-refractivity contribution in [1.82, 2.24) is 19.9 Å². The molecule has 110 valence electrons. The summed E-state index contributed by atoms with van der Waals surface area (Å²) in [6, 6.07) is 8.34. The van der Waals surface area contributed by atoms with Crippen LogP contribution in [0, 0.1) is 5.92 Å². The fourth-order valence-corrected chi connectivity index (χ4v) is 3.59. The fraction of sp³-hybridized carbons (Fsp3) is 0.500. The molecule has 1 atom stereocenters. The number of benzene rings is 1. The summed E-state index contributed by atoms with van der Waals surface area (Å²) in [5.41, 5.74) is 2.89. The van der Waals surface area contributed by atoms with Crippen LogP contribution in [0.5, 0.6) is 0 Å². The van der Waals surface area contributed by atoms with Crippen molar-refractivity contribution in [3.8, 4) is 11.3 Å². The minimum Gasteiger partial charge on any atom is -0.392 e. The van der Waals surface area contributed by atoms with Crippen molar-refractivity contribution in [1.29, 1.82) is 0 Å². The van der Waals surface area contributed by atoms with Crippen molar-refractivity contribution in [3.63, 3.8) is 0 Å². The van der Waals surface area contributed by atoms with E-state index in [4.69, 9.17) is 5.11 Å². The van der Waals surface area contributed by atoms with Gasteiger partial charge in [-0.3, -0.25) is 0 Å². The van der Waals surface area contributed by atoms with Crippen LogP contribution in [0.1, 0.15) is 24.4 Å². The minimum atomic E-state index is 0.0760. The van der Waals surface area contributed by atoms with E-state index < -0.39 is 0 Å². The van der Waals surface area contributed by atoms with Crippen LogP contribution >= 0.6 is 0 Å². The molecule has 3 fully saturated rings. The van der Waals surface area contributed by atoms with Gasteiger partial charge in [0.25, 0.3) is 0 Å². The van der Waals surface area contributed by atoms with Gasteiger partial charge < -0.3 is 10.0 Å². The average molecular weight is 284 g/mol. The molecule has 1 aromatic carbocycles. The Hall–Kier alpha value is -1.72. The van der Waals surface area contributed by atoms with Crippen LogP contribution in [-0.2, 0) is 6.61 Å². The zero-order chi connectivity index (χ0) is 14.2. The molecule has 5 rings (SSSR count). The van der Waals surface area contributed by atoms with Gasteiger partial charge >= 0.3 is 0 Å². The molecule has 0 amide bonds. The summed E-state index contributed by atoms with van der Waals surface area (Å²) >= 11 is 0. The van der Waals surface area contributed by atoms with Gasteiger partial charge in [-0.15, -0.1) is 5.10 Å². The third-order valence-corrected chi connectivity index (χ3v) is 4.90. The Balaban J connectivity index is 1.57. The highest BCUT2D eigenvalue weighted by Gasteiger charge is 2.35. The summed E-state index contributed by atoms with van der Waals surface area (Å²) in [6.07, 6.45) is 4.64. The fourth-order valence-electron chi connectivity index (χ4n) is 3.59. The van der Waals surface area contributed by atoms with Gasteiger partial charge in [0.1, 0.15) is 5.69 Å². The number of aliphatic hydroxyl groups excluding tert-OH is 1. The monoisotopic (exact) mass is 284 g/mol. The standard InChI is InChI=1S/C16H20N4O/c21-11-12-1-3-13(4-2-12)15-9-20(18-17-15)16-10-19-7-5-14(16)6-8-19/h1-4,9,14,16,21H,5-8,10-11H2. The van der Waals surface area contributed by atoms with Crippen LogP contribution < -0.4 is 0 Å². The molecule has 1 aromatic heterocycles. The van der Waals surface area contributed by atoms with E-state index in [2.05, 4.69) is 26.1 Å². The lowest BCUT2D eigenvalue weighted by molar-refractivity contribution is 0.0504. The second-order valence-corrected chi connectivity index (χ2v) is 6.14. The number of hydrogen-bond acceptors (Lipinski definition) is 4. The molecule has 1 unspecified atom stereocenters. The predicted molar refractivity (Wildman–Crippen MR) is 79.6 cm³/mol. The molecular weight excluding hydrogens is 264 g/mol. The van der Waals surface area contributed by atoms with E-state index in [1.165, 1.54) is 25.9 Å². The molecule has 1 N–H and O–H groups in total. The van der Waals surface area contributed by atoms with E-state index in [9.17, 15) is 0 Å². The molecular formula is C16H20N4O. The quantitative estimate of drug-likeness (QED) is 0.932. The normalized spacial score (nSPS) is 28.0. The predicted octanol–water partition coefficient (Wildman–Crippen LogP) is 1.70. The van der Waals surface area contributed by atoms with Gasteiger partial charge in [0.2, 0.25) is 0 Å². The summed E-state index contributed by atoms with van der Waals surface area (Å²) in [5.74, 6) is 0.751. The molecule has 0 radical (unpaired) electrons. The van der Waals surface area contributed by atoms with Crippen LogP contribution in [0.25, 0.3) is 11.3 Å². The van der Waals surface area contributed by atoms with Crippen molar-refractivity contribution in [3.05, 3.63) is 36.0 Å². The second-order valence-electron chi connectivity index (χ2n) is 6.14. The Morgan fingerprint density at radius 2 is 1.90 bits per heavy atom. The van der Waals surface area contributed by atoms with Crippen molar-refractivity contribution < 1.29 is 5.11 Å². The van der Waals surface area contributed by atoms with Gasteiger partial charge in [-0.2, -0.15) is 0 Å². The number of aliphatic hydroxyl groups is 1. The maximum atomic E-state index is 9.10. The summed E-state index contributed by atoms with van der Waals surface area (Å²) in [5, 5.41) is 17.8. The van der Waals surface area contributed by atoms with Crippen molar-refractivity contribution >= 4 is 0 Å². The van der Waals surface area contributed by atoms with E-state index in [0.29, 0.717) is 6.04 Å². The Morgan fingerprint density at radius 1 is 1.14 bits per heavy atom. The van der Waals surface area contributed by atoms with E-state index in [1.54, 1.807) is 0 Å². The molecule has 3 saturated heterocycles. The molecule has 21 heavy (non-hydrogen) atoms. The number of piperidine rings is 3. The van der Waals surface area contributed by atoms with E-state index in [1.807, 2.05) is 24.3 Å². The zero-order valence-corrected chi connectivity index (χ0v) is 12.0. The van der Waals surface area contributed by atoms with Gasteiger partial charge in [0.05, 0.1) is 18.8 Å². The van der Waals surface area contributed by atoms with Crippen LogP contribution in [0.2, 0.25) is 0 Å². The van der Waals surface area contributed by atoms with Crippen LogP contribution in [0.15, 0.2) is 30.5 Å². The third-order valence-electron chi connectivity index (χ3n) is 4.90. The number of nitrogens with zero attached hydrogens (tertiary/aromatic N) is 4. The summed E-state index contributed by atoms with van der Waals surface area (Å²) in [6.45, 7) is 3.67. The third kappa shape index (κ3) is 2.36. The lowest BCUT2D eigenvalue weighted by Crippen LogP contribution is -2.48. The molecule has 0 saturated carbocycles. The topological polar surface area (TPSA) is 54.2 Å². The molecule has 5 heteroatoms. The number of rotatable bonds is 3. The highest BCUT2D eigenvalue weighted by atomic mass is 16.3. The number of fused-ring (bicyclic) bond motifs is 3. The van der Waals surface area contributed by atoms with Crippen LogP contribution in [0.4, 0.5) is 0 Å². The van der Waals surface area contributed by atoms with Gasteiger partial charge in [-0.1, -0.05) is 29.5 Å². The molecule has 5 nitrogen and oxygen atoms in total. The zero-order valence-electron chi connectivity index (χ0n) is 12.0. The first-order valence-electron chi connectivity index (χ1n) is 7.68. The molecule has 3 aliphatic heterocycles. The minimum absolute atomic E-state index is 0.0760. The molecule has 0 spiro atoms. The lowest BCUT2D eigenvalue weighted by Gasteiger charge is -2.44. The lowest BCUT2D eigenvalue weighted by atomic mass is 9.84. The molecule has 4 heterocycles. The summed E-state index contributed by atoms with van der Waals surface area (Å²) in [4.78, 5) is 2.53. The van der Waals surface area contributed by atoms with E-state index in [-0.39, 0.29) is 6.61 Å². The molecule has 2 aromatic rings. The Bertz CT molecular complexity index is 613. The smallest absolute Gasteiger partial charge is 0.113 e. The van der Waals surface area contributed by atoms with E-state index in [0.717, 1.165) is 29.3 Å². The van der Waals surface area contributed by atoms with Gasteiger partial charge in [0.15, 0.2) is 0 Å². The Labute approximate surface area is 124 Å². The van der Waals surface area contributed by atoms with Crippen LogP contribution in [0.3, 0.4) is 0 Å². The maximum Gasteiger partial charge on any atom is 0.113 e. The first-order chi connectivity index (χ1) is 10.3. The Morgan fingerprint density at radius 3 is 2.52 bits per heavy atom.